The van der Waals surface area contributed by atoms with Gasteiger partial charge in [0, 0.05) is 37.4 Å². The van der Waals surface area contributed by atoms with Gasteiger partial charge in [-0.15, -0.1) is 0 Å². The van der Waals surface area contributed by atoms with Crippen molar-refractivity contribution < 1.29 is 9.59 Å². The third kappa shape index (κ3) is 5.76. The summed E-state index contributed by atoms with van der Waals surface area (Å²) in [7, 11) is 0. The Morgan fingerprint density at radius 3 is 2.15 bits per heavy atom. The summed E-state index contributed by atoms with van der Waals surface area (Å²) in [5.41, 5.74) is 2.64. The number of carbonyl (C=O) groups excluding carboxylic acids is 2. The smallest absolute Gasteiger partial charge is 0.253 e. The molecule has 2 aromatic rings. The van der Waals surface area contributed by atoms with E-state index in [1.165, 1.54) is 18.4 Å². The molecule has 2 aromatic carbocycles. The molecular formula is C27H33Cl2N3O2. The van der Waals surface area contributed by atoms with Crippen LogP contribution in [0.2, 0.25) is 10.0 Å². The van der Waals surface area contributed by atoms with E-state index in [1.807, 2.05) is 17.0 Å². The number of benzene rings is 2. The van der Waals surface area contributed by atoms with E-state index in [0.717, 1.165) is 18.5 Å². The van der Waals surface area contributed by atoms with Gasteiger partial charge in [-0.05, 0) is 60.6 Å². The van der Waals surface area contributed by atoms with Crippen LogP contribution >= 0.6 is 23.2 Å². The Bertz CT molecular complexity index is 1010. The molecule has 2 fully saturated rings. The number of nitrogens with zero attached hydrogens (tertiary/aromatic N) is 2. The average Bonchev–Trinajstić information content (AvgIpc) is 3.35. The second kappa shape index (κ2) is 11.1. The number of piperazine rings is 1. The van der Waals surface area contributed by atoms with Crippen molar-refractivity contribution in [3.63, 3.8) is 0 Å². The molecule has 4 rings (SSSR count). The molecule has 2 amide bonds. The summed E-state index contributed by atoms with van der Waals surface area (Å²) >= 11 is 12.1. The second-order valence-electron chi connectivity index (χ2n) is 9.71. The van der Waals surface area contributed by atoms with Crippen LogP contribution in [0, 0.1) is 5.92 Å². The van der Waals surface area contributed by atoms with Gasteiger partial charge in [-0.3, -0.25) is 14.5 Å². The zero-order chi connectivity index (χ0) is 24.2. The minimum Gasteiger partial charge on any atom is -0.336 e. The Hall–Kier alpha value is -2.08. The maximum Gasteiger partial charge on any atom is 0.253 e. The van der Waals surface area contributed by atoms with Gasteiger partial charge in [0.05, 0.1) is 16.1 Å². The van der Waals surface area contributed by atoms with Crippen LogP contribution in [0.15, 0.2) is 42.5 Å². The van der Waals surface area contributed by atoms with Crippen molar-refractivity contribution in [1.82, 2.24) is 9.80 Å². The summed E-state index contributed by atoms with van der Waals surface area (Å²) in [5.74, 6) is 0.824. The molecule has 1 atom stereocenters. The van der Waals surface area contributed by atoms with Crippen LogP contribution in [0.1, 0.15) is 61.4 Å². The Morgan fingerprint density at radius 1 is 0.912 bits per heavy atom. The molecule has 1 heterocycles. The van der Waals surface area contributed by atoms with Crippen molar-refractivity contribution in [1.29, 1.82) is 0 Å². The lowest BCUT2D eigenvalue weighted by Gasteiger charge is -2.40. The van der Waals surface area contributed by atoms with Crippen molar-refractivity contribution in [2.75, 3.05) is 31.5 Å². The van der Waals surface area contributed by atoms with Crippen LogP contribution in [-0.2, 0) is 4.79 Å². The third-order valence-electron chi connectivity index (χ3n) is 7.12. The number of amides is 2. The Morgan fingerprint density at radius 2 is 1.56 bits per heavy atom. The van der Waals surface area contributed by atoms with Crippen LogP contribution in [0.5, 0.6) is 0 Å². The van der Waals surface area contributed by atoms with E-state index < -0.39 is 0 Å². The van der Waals surface area contributed by atoms with Crippen molar-refractivity contribution >= 4 is 40.7 Å². The minimum atomic E-state index is -0.172. The summed E-state index contributed by atoms with van der Waals surface area (Å²) in [5, 5.41) is 3.98. The van der Waals surface area contributed by atoms with E-state index in [9.17, 15) is 9.59 Å². The summed E-state index contributed by atoms with van der Waals surface area (Å²) < 4.78 is 0. The number of hydrogen-bond donors (Lipinski definition) is 1. The van der Waals surface area contributed by atoms with Crippen LogP contribution in [0.25, 0.3) is 0 Å². The number of hydrogen-bond acceptors (Lipinski definition) is 3. The van der Waals surface area contributed by atoms with E-state index in [4.69, 9.17) is 23.2 Å². The standard InChI is InChI=1S/C27H33Cl2N3O2/c1-18(2)19-7-10-22(11-8-19)30-26(33)25(20-5-3-4-6-20)31-13-15-32(16-14-31)27(34)21-9-12-23(28)24(29)17-21/h7-12,17-18,20,25H,3-6,13-16H2,1-2H3,(H,30,33). The van der Waals surface area contributed by atoms with Crippen LogP contribution in [0.3, 0.4) is 0 Å². The summed E-state index contributed by atoms with van der Waals surface area (Å²) in [4.78, 5) is 30.5. The van der Waals surface area contributed by atoms with E-state index in [2.05, 4.69) is 36.2 Å². The normalized spacial score (nSPS) is 18.3. The lowest BCUT2D eigenvalue weighted by molar-refractivity contribution is -0.123. The van der Waals surface area contributed by atoms with Gasteiger partial charge < -0.3 is 10.2 Å². The fraction of sp³-hybridized carbons (Fsp3) is 0.481. The van der Waals surface area contributed by atoms with E-state index in [0.29, 0.717) is 53.6 Å². The predicted molar refractivity (Wildman–Crippen MR) is 139 cm³/mol. The highest BCUT2D eigenvalue weighted by atomic mass is 35.5. The summed E-state index contributed by atoms with van der Waals surface area (Å²) in [6.45, 7) is 6.84. The first-order valence-electron chi connectivity index (χ1n) is 12.2. The lowest BCUT2D eigenvalue weighted by Crippen LogP contribution is -2.56. The van der Waals surface area contributed by atoms with Crippen molar-refractivity contribution in [2.24, 2.45) is 5.92 Å². The van der Waals surface area contributed by atoms with Crippen molar-refractivity contribution in [2.45, 2.75) is 51.5 Å². The van der Waals surface area contributed by atoms with Crippen molar-refractivity contribution in [3.05, 3.63) is 63.6 Å². The molecule has 0 bridgehead atoms. The number of rotatable bonds is 6. The Kier molecular flexibility index (Phi) is 8.18. The Labute approximate surface area is 212 Å². The molecule has 2 aliphatic rings. The number of carbonyl (C=O) groups is 2. The molecule has 182 valence electrons. The zero-order valence-corrected chi connectivity index (χ0v) is 21.4. The number of nitrogens with one attached hydrogen (secondary N) is 1. The zero-order valence-electron chi connectivity index (χ0n) is 19.9. The molecular weight excluding hydrogens is 469 g/mol. The first kappa shape index (κ1) is 25.0. The van der Waals surface area contributed by atoms with E-state index in [-0.39, 0.29) is 17.9 Å². The fourth-order valence-electron chi connectivity index (χ4n) is 5.13. The van der Waals surface area contributed by atoms with E-state index >= 15 is 0 Å². The average molecular weight is 502 g/mol. The van der Waals surface area contributed by atoms with Gasteiger partial charge in [-0.1, -0.05) is 62.0 Å². The lowest BCUT2D eigenvalue weighted by atomic mass is 9.94. The van der Waals surface area contributed by atoms with Crippen LogP contribution in [0.4, 0.5) is 5.69 Å². The molecule has 5 nitrogen and oxygen atoms in total. The first-order chi connectivity index (χ1) is 16.3. The molecule has 1 saturated carbocycles. The highest BCUT2D eigenvalue weighted by molar-refractivity contribution is 6.42. The summed E-state index contributed by atoms with van der Waals surface area (Å²) in [6, 6.07) is 13.0. The minimum absolute atomic E-state index is 0.0506. The molecule has 1 aliphatic carbocycles. The number of halogens is 2. The maximum atomic E-state index is 13.5. The van der Waals surface area contributed by atoms with Gasteiger partial charge in [-0.2, -0.15) is 0 Å². The van der Waals surface area contributed by atoms with Crippen molar-refractivity contribution in [3.8, 4) is 0 Å². The molecule has 1 unspecified atom stereocenters. The summed E-state index contributed by atoms with van der Waals surface area (Å²) in [6.07, 6.45) is 4.50. The van der Waals surface area contributed by atoms with Gasteiger partial charge in [0.15, 0.2) is 0 Å². The largest absolute Gasteiger partial charge is 0.336 e. The second-order valence-corrected chi connectivity index (χ2v) is 10.5. The molecule has 1 aliphatic heterocycles. The Balaban J connectivity index is 1.42. The molecule has 34 heavy (non-hydrogen) atoms. The highest BCUT2D eigenvalue weighted by Gasteiger charge is 2.37. The van der Waals surface area contributed by atoms with Gasteiger partial charge in [-0.25, -0.2) is 0 Å². The monoisotopic (exact) mass is 501 g/mol. The molecule has 1 saturated heterocycles. The van der Waals surface area contributed by atoms with E-state index in [1.54, 1.807) is 18.2 Å². The topological polar surface area (TPSA) is 52.7 Å². The molecule has 1 N–H and O–H groups in total. The molecule has 0 radical (unpaired) electrons. The van der Waals surface area contributed by atoms with Crippen LogP contribution < -0.4 is 5.32 Å². The van der Waals surface area contributed by atoms with Crippen LogP contribution in [-0.4, -0.2) is 53.8 Å². The predicted octanol–water partition coefficient (Wildman–Crippen LogP) is 6.07. The van der Waals surface area contributed by atoms with Gasteiger partial charge >= 0.3 is 0 Å². The fourth-order valence-corrected chi connectivity index (χ4v) is 5.43. The first-order valence-corrected chi connectivity index (χ1v) is 13.0. The third-order valence-corrected chi connectivity index (χ3v) is 7.86. The maximum absolute atomic E-state index is 13.5. The number of anilines is 1. The SMILES string of the molecule is CC(C)c1ccc(NC(=O)C(C2CCCC2)N2CCN(C(=O)c3ccc(Cl)c(Cl)c3)CC2)cc1. The highest BCUT2D eigenvalue weighted by Crippen LogP contribution is 2.32. The molecule has 0 aromatic heterocycles. The quantitative estimate of drug-likeness (QED) is 0.522. The molecule has 7 heteroatoms. The van der Waals surface area contributed by atoms with Gasteiger partial charge in [0.1, 0.15) is 0 Å². The van der Waals surface area contributed by atoms with Gasteiger partial charge in [0.2, 0.25) is 5.91 Å². The molecule has 0 spiro atoms. The van der Waals surface area contributed by atoms with Gasteiger partial charge in [0.25, 0.3) is 5.91 Å².